The van der Waals surface area contributed by atoms with Gasteiger partial charge in [0.05, 0.1) is 17.2 Å². The topological polar surface area (TPSA) is 47.2 Å². The standard InChI is InChI=1S/C18H14ClN3OS/c19-15-8-6-14(7-9-15)13-24-18(23)21-16-10-11-22(20-12-16)17-4-2-1-3-5-17/h1-12H,13H2. The third-order valence-electron chi connectivity index (χ3n) is 3.22. The minimum absolute atomic E-state index is 0.246. The molecule has 0 saturated carbocycles. The highest BCUT2D eigenvalue weighted by atomic mass is 35.5. The molecule has 120 valence electrons. The maximum Gasteiger partial charge on any atom is 0.305 e. The van der Waals surface area contributed by atoms with Crippen LogP contribution in [-0.4, -0.2) is 15.0 Å². The second kappa shape index (κ2) is 7.95. The normalized spacial score (nSPS) is 11.5. The van der Waals surface area contributed by atoms with E-state index in [1.165, 1.54) is 0 Å². The number of hydrogen-bond donors (Lipinski definition) is 0. The van der Waals surface area contributed by atoms with Gasteiger partial charge < -0.3 is 0 Å². The van der Waals surface area contributed by atoms with Crippen molar-refractivity contribution in [2.24, 2.45) is 4.99 Å². The van der Waals surface area contributed by atoms with Gasteiger partial charge in [-0.3, -0.25) is 4.79 Å². The van der Waals surface area contributed by atoms with Crippen molar-refractivity contribution in [2.45, 2.75) is 5.75 Å². The van der Waals surface area contributed by atoms with Crippen LogP contribution in [0.1, 0.15) is 5.56 Å². The first kappa shape index (κ1) is 16.5. The zero-order valence-electron chi connectivity index (χ0n) is 12.7. The first-order chi connectivity index (χ1) is 11.7. The Balaban J connectivity index is 1.65. The van der Waals surface area contributed by atoms with Crippen molar-refractivity contribution < 1.29 is 4.79 Å². The molecule has 0 fully saturated rings. The van der Waals surface area contributed by atoms with E-state index in [9.17, 15) is 4.79 Å². The fourth-order valence-electron chi connectivity index (χ4n) is 2.01. The minimum atomic E-state index is -0.246. The maximum absolute atomic E-state index is 11.9. The quantitative estimate of drug-likeness (QED) is 0.696. The summed E-state index contributed by atoms with van der Waals surface area (Å²) in [6, 6.07) is 18.9. The van der Waals surface area contributed by atoms with E-state index in [2.05, 4.69) is 10.1 Å². The summed E-state index contributed by atoms with van der Waals surface area (Å²) in [6.07, 6.45) is 3.36. The summed E-state index contributed by atoms with van der Waals surface area (Å²) in [5.74, 6) is 0.559. The summed E-state index contributed by atoms with van der Waals surface area (Å²) in [4.78, 5) is 16.0. The van der Waals surface area contributed by atoms with E-state index in [-0.39, 0.29) is 5.24 Å². The number of halogens is 1. The number of rotatable bonds is 3. The summed E-state index contributed by atoms with van der Waals surface area (Å²) < 4.78 is 1.73. The molecule has 4 nitrogen and oxygen atoms in total. The number of para-hydroxylation sites is 1. The highest BCUT2D eigenvalue weighted by molar-refractivity contribution is 8.12. The van der Waals surface area contributed by atoms with Crippen LogP contribution in [0.3, 0.4) is 0 Å². The van der Waals surface area contributed by atoms with Gasteiger partial charge in [-0.1, -0.05) is 53.7 Å². The Morgan fingerprint density at radius 2 is 1.83 bits per heavy atom. The van der Waals surface area contributed by atoms with Crippen molar-refractivity contribution in [2.75, 3.05) is 0 Å². The minimum Gasteiger partial charge on any atom is -0.259 e. The lowest BCUT2D eigenvalue weighted by Crippen LogP contribution is -2.09. The van der Waals surface area contributed by atoms with Gasteiger partial charge in [0.1, 0.15) is 0 Å². The molecule has 0 atom stereocenters. The molecule has 0 aliphatic carbocycles. The number of benzene rings is 2. The molecular weight excluding hydrogens is 342 g/mol. The first-order valence-electron chi connectivity index (χ1n) is 7.27. The van der Waals surface area contributed by atoms with Crippen LogP contribution in [0.4, 0.5) is 4.79 Å². The number of nitrogens with zero attached hydrogens (tertiary/aromatic N) is 3. The highest BCUT2D eigenvalue weighted by Crippen LogP contribution is 2.16. The van der Waals surface area contributed by atoms with Crippen molar-refractivity contribution >= 4 is 28.6 Å². The van der Waals surface area contributed by atoms with Gasteiger partial charge in [0.2, 0.25) is 0 Å². The average molecular weight is 356 g/mol. The molecule has 2 aromatic carbocycles. The van der Waals surface area contributed by atoms with Gasteiger partial charge in [0.15, 0.2) is 0 Å². The zero-order chi connectivity index (χ0) is 16.8. The van der Waals surface area contributed by atoms with Crippen LogP contribution in [0.15, 0.2) is 78.0 Å². The number of carbonyl (C=O) groups excluding carboxylic acids is 1. The second-order valence-corrected chi connectivity index (χ2v) is 6.32. The van der Waals surface area contributed by atoms with E-state index >= 15 is 0 Å². The van der Waals surface area contributed by atoms with Gasteiger partial charge >= 0.3 is 5.24 Å². The van der Waals surface area contributed by atoms with Gasteiger partial charge in [-0.25, -0.2) is 9.67 Å². The van der Waals surface area contributed by atoms with Crippen molar-refractivity contribution in [1.82, 2.24) is 9.78 Å². The molecular formula is C18H14ClN3OS. The predicted octanol–water partition coefficient (Wildman–Crippen LogP) is 4.48. The Hall–Kier alpha value is -2.37. The summed E-state index contributed by atoms with van der Waals surface area (Å²) in [5.41, 5.74) is 1.98. The smallest absolute Gasteiger partial charge is 0.259 e. The van der Waals surface area contributed by atoms with Crippen LogP contribution in [0, 0.1) is 0 Å². The Bertz CT molecular complexity index is 872. The van der Waals surface area contributed by atoms with E-state index in [1.807, 2.05) is 54.6 Å². The average Bonchev–Trinajstić information content (AvgIpc) is 2.63. The third kappa shape index (κ3) is 4.57. The van der Waals surface area contributed by atoms with Gasteiger partial charge in [-0.05, 0) is 35.9 Å². The summed E-state index contributed by atoms with van der Waals surface area (Å²) in [6.45, 7) is 0. The van der Waals surface area contributed by atoms with Gasteiger partial charge in [-0.2, -0.15) is 5.10 Å². The van der Waals surface area contributed by atoms with Crippen LogP contribution in [-0.2, 0) is 5.75 Å². The largest absolute Gasteiger partial charge is 0.305 e. The zero-order valence-corrected chi connectivity index (χ0v) is 14.2. The molecule has 0 bridgehead atoms. The fraction of sp³-hybridized carbons (Fsp3) is 0.0556. The lowest BCUT2D eigenvalue weighted by atomic mass is 10.2. The van der Waals surface area contributed by atoms with Gasteiger partial charge in [0, 0.05) is 17.0 Å². The molecule has 0 saturated heterocycles. The van der Waals surface area contributed by atoms with Crippen molar-refractivity contribution in [3.8, 4) is 5.69 Å². The van der Waals surface area contributed by atoms with Gasteiger partial charge in [0.25, 0.3) is 0 Å². The summed E-state index contributed by atoms with van der Waals surface area (Å²) in [5, 5.41) is 5.25. The molecule has 0 spiro atoms. The second-order valence-electron chi connectivity index (χ2n) is 4.96. The molecule has 0 aliphatic rings. The highest BCUT2D eigenvalue weighted by Gasteiger charge is 2.02. The summed E-state index contributed by atoms with van der Waals surface area (Å²) >= 11 is 6.99. The number of aromatic nitrogens is 2. The first-order valence-corrected chi connectivity index (χ1v) is 8.63. The number of amides is 1. The lowest BCUT2D eigenvalue weighted by Gasteiger charge is -2.03. The molecule has 0 N–H and O–H groups in total. The van der Waals surface area contributed by atoms with Crippen molar-refractivity contribution in [3.63, 3.8) is 0 Å². The predicted molar refractivity (Wildman–Crippen MR) is 97.3 cm³/mol. The van der Waals surface area contributed by atoms with E-state index in [1.54, 1.807) is 23.1 Å². The van der Waals surface area contributed by atoms with Crippen LogP contribution in [0.5, 0.6) is 0 Å². The Labute approximate surface area is 148 Å². The van der Waals surface area contributed by atoms with E-state index < -0.39 is 0 Å². The third-order valence-corrected chi connectivity index (χ3v) is 4.29. The maximum atomic E-state index is 11.9. The molecule has 3 aromatic rings. The molecule has 0 unspecified atom stereocenters. The SMILES string of the molecule is O=C(N=c1ccn(-c2ccccc2)nc1)SCc1ccc(Cl)cc1. The molecule has 6 heteroatoms. The number of thioether (sulfide) groups is 1. The molecule has 1 heterocycles. The van der Waals surface area contributed by atoms with Crippen LogP contribution >= 0.6 is 23.4 Å². The number of carbonyl (C=O) groups is 1. The Morgan fingerprint density at radius 3 is 2.50 bits per heavy atom. The van der Waals surface area contributed by atoms with Crippen LogP contribution in [0.25, 0.3) is 5.69 Å². The van der Waals surface area contributed by atoms with Crippen LogP contribution in [0.2, 0.25) is 5.02 Å². The fourth-order valence-corrected chi connectivity index (χ4v) is 2.79. The molecule has 1 amide bonds. The van der Waals surface area contributed by atoms with E-state index in [0.717, 1.165) is 23.0 Å². The number of hydrogen-bond acceptors (Lipinski definition) is 3. The van der Waals surface area contributed by atoms with Gasteiger partial charge in [-0.15, -0.1) is 0 Å². The van der Waals surface area contributed by atoms with E-state index in [0.29, 0.717) is 16.1 Å². The molecule has 0 aliphatic heterocycles. The molecule has 24 heavy (non-hydrogen) atoms. The van der Waals surface area contributed by atoms with E-state index in [4.69, 9.17) is 11.6 Å². The molecule has 3 rings (SSSR count). The van der Waals surface area contributed by atoms with Crippen molar-refractivity contribution in [1.29, 1.82) is 0 Å². The Morgan fingerprint density at radius 1 is 1.08 bits per heavy atom. The Kier molecular flexibility index (Phi) is 5.46. The molecule has 0 radical (unpaired) electrons. The summed E-state index contributed by atoms with van der Waals surface area (Å²) in [7, 11) is 0. The molecule has 1 aromatic heterocycles. The van der Waals surface area contributed by atoms with Crippen LogP contribution < -0.4 is 5.36 Å². The lowest BCUT2D eigenvalue weighted by molar-refractivity contribution is 0.267. The van der Waals surface area contributed by atoms with Crippen molar-refractivity contribution in [3.05, 3.63) is 89.0 Å². The monoisotopic (exact) mass is 355 g/mol.